The van der Waals surface area contributed by atoms with Crippen LogP contribution in [0.5, 0.6) is 17.2 Å². The van der Waals surface area contributed by atoms with Crippen LogP contribution in [0.2, 0.25) is 0 Å². The van der Waals surface area contributed by atoms with E-state index in [0.29, 0.717) is 6.79 Å². The average molecular weight is 299 g/mol. The molecule has 2 aromatic rings. The van der Waals surface area contributed by atoms with E-state index >= 15 is 0 Å². The molecule has 2 aromatic carbocycles. The van der Waals surface area contributed by atoms with Gasteiger partial charge in [0.2, 0.25) is 6.79 Å². The predicted molar refractivity (Wildman–Crippen MR) is 85.3 cm³/mol. The van der Waals surface area contributed by atoms with E-state index in [0.717, 1.165) is 30.3 Å². The van der Waals surface area contributed by atoms with E-state index in [9.17, 15) is 0 Å². The molecule has 0 atom stereocenters. The van der Waals surface area contributed by atoms with Crippen molar-refractivity contribution in [2.75, 3.05) is 6.79 Å². The van der Waals surface area contributed by atoms with Gasteiger partial charge in [0.05, 0.1) is 6.10 Å². The Kier molecular flexibility index (Phi) is 4.49. The highest BCUT2D eigenvalue weighted by Crippen LogP contribution is 2.32. The lowest BCUT2D eigenvalue weighted by molar-refractivity contribution is 0.174. The number of hydrogen-bond donors (Lipinski definition) is 1. The molecule has 1 N–H and O–H groups in total. The zero-order valence-corrected chi connectivity index (χ0v) is 13.0. The van der Waals surface area contributed by atoms with Gasteiger partial charge in [-0.25, -0.2) is 0 Å². The normalized spacial score (nSPS) is 12.7. The number of hydrogen-bond acceptors (Lipinski definition) is 4. The largest absolute Gasteiger partial charge is 0.491 e. The highest BCUT2D eigenvalue weighted by atomic mass is 16.7. The summed E-state index contributed by atoms with van der Waals surface area (Å²) in [4.78, 5) is 0. The van der Waals surface area contributed by atoms with Crippen LogP contribution >= 0.6 is 0 Å². The summed E-state index contributed by atoms with van der Waals surface area (Å²) in [6.07, 6.45) is 0.192. The van der Waals surface area contributed by atoms with Crippen LogP contribution in [0.4, 0.5) is 0 Å². The zero-order valence-electron chi connectivity index (χ0n) is 13.0. The van der Waals surface area contributed by atoms with Crippen LogP contribution < -0.4 is 19.5 Å². The second-order valence-electron chi connectivity index (χ2n) is 5.61. The molecule has 4 nitrogen and oxygen atoms in total. The molecule has 1 heterocycles. The number of rotatable bonds is 6. The maximum absolute atomic E-state index is 5.71. The molecule has 0 saturated carbocycles. The van der Waals surface area contributed by atoms with Crippen LogP contribution in [-0.4, -0.2) is 12.9 Å². The molecule has 0 unspecified atom stereocenters. The van der Waals surface area contributed by atoms with E-state index in [-0.39, 0.29) is 6.10 Å². The van der Waals surface area contributed by atoms with E-state index < -0.39 is 0 Å². The quantitative estimate of drug-likeness (QED) is 0.886. The minimum atomic E-state index is 0.192. The van der Waals surface area contributed by atoms with Crippen molar-refractivity contribution in [2.45, 2.75) is 33.0 Å². The highest BCUT2D eigenvalue weighted by molar-refractivity contribution is 5.44. The third-order valence-electron chi connectivity index (χ3n) is 3.37. The summed E-state index contributed by atoms with van der Waals surface area (Å²) in [6, 6.07) is 14.2. The smallest absolute Gasteiger partial charge is 0.231 e. The van der Waals surface area contributed by atoms with Gasteiger partial charge in [-0.2, -0.15) is 0 Å². The molecule has 0 saturated heterocycles. The monoisotopic (exact) mass is 299 g/mol. The van der Waals surface area contributed by atoms with Crippen LogP contribution in [-0.2, 0) is 13.1 Å². The lowest BCUT2D eigenvalue weighted by Gasteiger charge is -2.11. The number of benzene rings is 2. The minimum absolute atomic E-state index is 0.192. The van der Waals surface area contributed by atoms with Gasteiger partial charge in [-0.3, -0.25) is 0 Å². The molecular weight excluding hydrogens is 278 g/mol. The SMILES string of the molecule is CC(C)Oc1cccc(CNCc2ccc3c(c2)OCO3)c1. The van der Waals surface area contributed by atoms with Crippen molar-refractivity contribution >= 4 is 0 Å². The van der Waals surface area contributed by atoms with Gasteiger partial charge >= 0.3 is 0 Å². The Morgan fingerprint density at radius 3 is 2.59 bits per heavy atom. The highest BCUT2D eigenvalue weighted by Gasteiger charge is 2.12. The summed E-state index contributed by atoms with van der Waals surface area (Å²) in [5.41, 5.74) is 2.39. The molecule has 22 heavy (non-hydrogen) atoms. The number of ether oxygens (including phenoxy) is 3. The summed E-state index contributed by atoms with van der Waals surface area (Å²) >= 11 is 0. The molecule has 0 spiro atoms. The topological polar surface area (TPSA) is 39.7 Å². The first-order valence-corrected chi connectivity index (χ1v) is 7.55. The van der Waals surface area contributed by atoms with Gasteiger partial charge in [-0.1, -0.05) is 18.2 Å². The van der Waals surface area contributed by atoms with Crippen molar-refractivity contribution in [1.29, 1.82) is 0 Å². The molecule has 3 rings (SSSR count). The molecule has 0 radical (unpaired) electrons. The third-order valence-corrected chi connectivity index (χ3v) is 3.37. The molecule has 116 valence electrons. The molecule has 0 fully saturated rings. The lowest BCUT2D eigenvalue weighted by atomic mass is 10.2. The summed E-state index contributed by atoms with van der Waals surface area (Å²) in [5, 5.41) is 3.44. The van der Waals surface area contributed by atoms with E-state index in [2.05, 4.69) is 23.5 Å². The van der Waals surface area contributed by atoms with Crippen molar-refractivity contribution in [1.82, 2.24) is 5.32 Å². The van der Waals surface area contributed by atoms with Crippen LogP contribution in [0.15, 0.2) is 42.5 Å². The predicted octanol–water partition coefficient (Wildman–Crippen LogP) is 3.49. The summed E-state index contributed by atoms with van der Waals surface area (Å²) < 4.78 is 16.4. The van der Waals surface area contributed by atoms with Gasteiger partial charge in [0, 0.05) is 13.1 Å². The molecule has 0 aromatic heterocycles. The number of fused-ring (bicyclic) bond motifs is 1. The summed E-state index contributed by atoms with van der Waals surface area (Å²) in [7, 11) is 0. The second-order valence-corrected chi connectivity index (χ2v) is 5.61. The maximum atomic E-state index is 5.71. The zero-order chi connectivity index (χ0) is 15.4. The van der Waals surface area contributed by atoms with Gasteiger partial charge < -0.3 is 19.5 Å². The van der Waals surface area contributed by atoms with Crippen LogP contribution in [0, 0.1) is 0 Å². The Morgan fingerprint density at radius 2 is 1.77 bits per heavy atom. The molecule has 0 bridgehead atoms. The van der Waals surface area contributed by atoms with Gasteiger partial charge in [0.15, 0.2) is 11.5 Å². The first-order chi connectivity index (χ1) is 10.7. The van der Waals surface area contributed by atoms with E-state index in [1.165, 1.54) is 11.1 Å². The second kappa shape index (κ2) is 6.71. The summed E-state index contributed by atoms with van der Waals surface area (Å²) in [5.74, 6) is 2.56. The fraction of sp³-hybridized carbons (Fsp3) is 0.333. The number of nitrogens with one attached hydrogen (secondary N) is 1. The molecule has 0 aliphatic carbocycles. The summed E-state index contributed by atoms with van der Waals surface area (Å²) in [6.45, 7) is 5.96. The van der Waals surface area contributed by atoms with E-state index in [1.807, 2.05) is 38.1 Å². The van der Waals surface area contributed by atoms with Crippen molar-refractivity contribution in [3.63, 3.8) is 0 Å². The molecule has 0 amide bonds. The molecule has 1 aliphatic heterocycles. The average Bonchev–Trinajstić information content (AvgIpc) is 2.94. The Labute approximate surface area is 131 Å². The first-order valence-electron chi connectivity index (χ1n) is 7.55. The van der Waals surface area contributed by atoms with Crippen molar-refractivity contribution < 1.29 is 14.2 Å². The van der Waals surface area contributed by atoms with Crippen molar-refractivity contribution in [3.8, 4) is 17.2 Å². The minimum Gasteiger partial charge on any atom is -0.491 e. The van der Waals surface area contributed by atoms with Gasteiger partial charge in [0.1, 0.15) is 5.75 Å². The van der Waals surface area contributed by atoms with E-state index in [1.54, 1.807) is 0 Å². The molecule has 1 aliphatic rings. The maximum Gasteiger partial charge on any atom is 0.231 e. The van der Waals surface area contributed by atoms with Crippen LogP contribution in [0.1, 0.15) is 25.0 Å². The van der Waals surface area contributed by atoms with Gasteiger partial charge in [-0.15, -0.1) is 0 Å². The van der Waals surface area contributed by atoms with Crippen LogP contribution in [0.25, 0.3) is 0 Å². The molecule has 4 heteroatoms. The van der Waals surface area contributed by atoms with Crippen LogP contribution in [0.3, 0.4) is 0 Å². The third kappa shape index (κ3) is 3.71. The fourth-order valence-electron chi connectivity index (χ4n) is 2.40. The molecular formula is C18H21NO3. The van der Waals surface area contributed by atoms with Crippen molar-refractivity contribution in [3.05, 3.63) is 53.6 Å². The lowest BCUT2D eigenvalue weighted by Crippen LogP contribution is -2.13. The van der Waals surface area contributed by atoms with Gasteiger partial charge in [0.25, 0.3) is 0 Å². The first kappa shape index (κ1) is 14.7. The fourth-order valence-corrected chi connectivity index (χ4v) is 2.40. The Bertz CT molecular complexity index is 640. The standard InChI is InChI=1S/C18H21NO3/c1-13(2)22-16-5-3-4-14(8-16)10-19-11-15-6-7-17-18(9-15)21-12-20-17/h3-9,13,19H,10-12H2,1-2H3. The Balaban J connectivity index is 1.54. The van der Waals surface area contributed by atoms with Crippen molar-refractivity contribution in [2.24, 2.45) is 0 Å². The Morgan fingerprint density at radius 1 is 1.00 bits per heavy atom. The Hall–Kier alpha value is -2.20. The van der Waals surface area contributed by atoms with E-state index in [4.69, 9.17) is 14.2 Å². The van der Waals surface area contributed by atoms with Gasteiger partial charge in [-0.05, 0) is 49.2 Å².